The van der Waals surface area contributed by atoms with Gasteiger partial charge in [-0.25, -0.2) is 14.6 Å². The minimum atomic E-state index is -1.38. The molecule has 7 rings (SSSR count). The van der Waals surface area contributed by atoms with Crippen LogP contribution in [-0.4, -0.2) is 82.0 Å². The number of aromatic nitrogens is 1. The number of carboxylic acid groups (broad SMARTS) is 1. The maximum atomic E-state index is 14.7. The fraction of sp³-hybridized carbons (Fsp3) is 0.208. The molecule has 15 heteroatoms. The van der Waals surface area contributed by atoms with Gasteiger partial charge in [-0.3, -0.25) is 0 Å². The number of benzene rings is 6. The van der Waals surface area contributed by atoms with Crippen molar-refractivity contribution in [3.8, 4) is 11.5 Å². The highest BCUT2D eigenvalue weighted by molar-refractivity contribution is 7.14. The lowest BCUT2D eigenvalue weighted by atomic mass is 9.77. The molecule has 0 bridgehead atoms. The summed E-state index contributed by atoms with van der Waals surface area (Å²) in [5.41, 5.74) is 3.10. The second kappa shape index (κ2) is 24.9. The van der Waals surface area contributed by atoms with Gasteiger partial charge >= 0.3 is 11.9 Å². The highest BCUT2D eigenvalue weighted by atomic mass is 32.1. The molecule has 0 fully saturated rings. The molecule has 0 radical (unpaired) electrons. The average Bonchev–Trinajstić information content (AvgIpc) is 3.85. The molecule has 0 unspecified atom stereocenters. The second-order valence-corrected chi connectivity index (χ2v) is 15.7. The van der Waals surface area contributed by atoms with Gasteiger partial charge in [-0.1, -0.05) is 163 Å². The van der Waals surface area contributed by atoms with Crippen LogP contribution in [0.4, 0.5) is 5.13 Å². The third-order valence-electron chi connectivity index (χ3n) is 10.5. The Morgan fingerprint density at radius 1 is 0.662 bits per heavy atom. The number of carbonyl (C=O) groups is 2. The molecule has 0 aliphatic carbocycles. The molecule has 0 saturated carbocycles. The van der Waals surface area contributed by atoms with Gasteiger partial charge in [0.05, 0.1) is 26.4 Å². The smallest absolute Gasteiger partial charge is 0.360 e. The first-order valence-electron chi connectivity index (χ1n) is 21.6. The summed E-state index contributed by atoms with van der Waals surface area (Å²) in [5, 5.41) is 20.3. The van der Waals surface area contributed by atoms with Crippen molar-refractivity contribution in [2.24, 2.45) is 5.16 Å². The number of nitrogens with zero attached hydrogens (tertiary/aromatic N) is 2. The van der Waals surface area contributed by atoms with Crippen LogP contribution in [0.15, 0.2) is 174 Å². The predicted octanol–water partition coefficient (Wildman–Crippen LogP) is 9.50. The van der Waals surface area contributed by atoms with Gasteiger partial charge in [-0.05, 0) is 33.9 Å². The van der Waals surface area contributed by atoms with Gasteiger partial charge in [-0.15, -0.1) is 11.3 Å². The Morgan fingerprint density at radius 3 is 1.66 bits per heavy atom. The van der Waals surface area contributed by atoms with Crippen LogP contribution in [0.25, 0.3) is 0 Å². The number of rotatable bonds is 26. The van der Waals surface area contributed by atoms with Gasteiger partial charge in [0.2, 0.25) is 5.71 Å². The van der Waals surface area contributed by atoms with Crippen molar-refractivity contribution in [1.82, 2.24) is 4.98 Å². The highest BCUT2D eigenvalue weighted by Gasteiger charge is 2.37. The molecule has 68 heavy (non-hydrogen) atoms. The van der Waals surface area contributed by atoms with E-state index in [0.29, 0.717) is 18.3 Å². The molecule has 0 aliphatic heterocycles. The highest BCUT2D eigenvalue weighted by Crippen LogP contribution is 2.41. The zero-order valence-electron chi connectivity index (χ0n) is 37.5. The van der Waals surface area contributed by atoms with Crippen LogP contribution >= 0.6 is 11.3 Å². The lowest BCUT2D eigenvalue weighted by Gasteiger charge is -2.36. The van der Waals surface area contributed by atoms with Gasteiger partial charge < -0.3 is 48.4 Å². The monoisotopic (exact) mass is 937 g/mol. The van der Waals surface area contributed by atoms with Crippen molar-refractivity contribution >= 4 is 34.1 Å². The van der Waals surface area contributed by atoms with Crippen molar-refractivity contribution in [1.29, 1.82) is 0 Å². The van der Waals surface area contributed by atoms with Crippen molar-refractivity contribution in [2.45, 2.75) is 18.2 Å². The van der Waals surface area contributed by atoms with E-state index >= 15 is 0 Å². The number of anilines is 1. The van der Waals surface area contributed by atoms with Gasteiger partial charge in [0, 0.05) is 25.2 Å². The van der Waals surface area contributed by atoms with Gasteiger partial charge in [0.1, 0.15) is 23.4 Å². The maximum absolute atomic E-state index is 14.7. The Balaban J connectivity index is 1.23. The second-order valence-electron chi connectivity index (χ2n) is 14.9. The summed E-state index contributed by atoms with van der Waals surface area (Å²) in [6, 6.07) is 51.7. The number of carboxylic acids is 1. The molecule has 0 amide bonds. The standard InChI is InChI=1S/C53H51N3O11S/c1-60-30-32-62-36-64-45-29-28-40(46(49(45)65-37-63-33-31-61-2)51(59)67-48(38-18-8-3-9-19-38)39-20-10-4-11-21-39)34-66-56-47(50(57)58)44-35-68-52(54-44)55-53(41-22-12-5-13-23-41,42-24-14-6-15-25-42)43-26-16-7-17-27-43/h3-29,35,48H,30-34,36-37H2,1-2H3,(H,54,55)(H,57,58). The van der Waals surface area contributed by atoms with E-state index < -0.39 is 35.9 Å². The van der Waals surface area contributed by atoms with E-state index in [4.69, 9.17) is 43.0 Å². The van der Waals surface area contributed by atoms with E-state index in [9.17, 15) is 14.7 Å². The lowest BCUT2D eigenvalue weighted by molar-refractivity contribution is -0.129. The Kier molecular flexibility index (Phi) is 17.8. The van der Waals surface area contributed by atoms with E-state index in [-0.39, 0.29) is 55.1 Å². The van der Waals surface area contributed by atoms with E-state index in [1.807, 2.05) is 152 Å². The van der Waals surface area contributed by atoms with Crippen LogP contribution in [-0.2, 0) is 45.5 Å². The number of esters is 1. The molecule has 2 N–H and O–H groups in total. The molecule has 14 nitrogen and oxygen atoms in total. The summed E-state index contributed by atoms with van der Waals surface area (Å²) in [6.45, 7) is 0.184. The Bertz CT molecular complexity index is 2540. The van der Waals surface area contributed by atoms with Gasteiger partial charge in [0.15, 0.2) is 36.3 Å². The first-order valence-corrected chi connectivity index (χ1v) is 22.5. The SMILES string of the molecule is COCCOCOc1ccc(CON=C(C(=O)O)c2csc(NC(c3ccccc3)(c3ccccc3)c3ccccc3)n2)c(C(=O)OC(c2ccccc2)c2ccccc2)c1OCOCCOC. The minimum Gasteiger partial charge on any atom is -0.476 e. The van der Waals surface area contributed by atoms with Gasteiger partial charge in [0.25, 0.3) is 0 Å². The predicted molar refractivity (Wildman–Crippen MR) is 257 cm³/mol. The van der Waals surface area contributed by atoms with Crippen molar-refractivity contribution in [2.75, 3.05) is 59.5 Å². The van der Waals surface area contributed by atoms with Gasteiger partial charge in [-0.2, -0.15) is 0 Å². The fourth-order valence-corrected chi connectivity index (χ4v) is 8.06. The van der Waals surface area contributed by atoms with Crippen molar-refractivity contribution in [3.05, 3.63) is 214 Å². The Labute approximate surface area is 398 Å². The Morgan fingerprint density at radius 2 is 1.16 bits per heavy atom. The third kappa shape index (κ3) is 12.3. The number of ether oxygens (including phenoxy) is 7. The number of aliphatic carboxylic acids is 1. The molecule has 7 aromatic rings. The number of methoxy groups -OCH3 is 2. The van der Waals surface area contributed by atoms with Crippen LogP contribution in [0.5, 0.6) is 11.5 Å². The van der Waals surface area contributed by atoms with Crippen LogP contribution < -0.4 is 14.8 Å². The third-order valence-corrected chi connectivity index (χ3v) is 11.3. The van der Waals surface area contributed by atoms with Crippen molar-refractivity contribution in [3.63, 3.8) is 0 Å². The van der Waals surface area contributed by atoms with Crippen LogP contribution in [0.2, 0.25) is 0 Å². The van der Waals surface area contributed by atoms with E-state index in [1.165, 1.54) is 11.3 Å². The maximum Gasteiger partial charge on any atom is 0.360 e. The zero-order chi connectivity index (χ0) is 47.4. The molecule has 0 atom stereocenters. The van der Waals surface area contributed by atoms with E-state index in [2.05, 4.69) is 10.5 Å². The molecular weight excluding hydrogens is 887 g/mol. The molecular formula is C53H51N3O11S. The first-order chi connectivity index (χ1) is 33.4. The molecule has 0 saturated heterocycles. The number of oxime groups is 1. The summed E-state index contributed by atoms with van der Waals surface area (Å²) in [7, 11) is 3.10. The quantitative estimate of drug-likeness (QED) is 0.0132. The largest absolute Gasteiger partial charge is 0.476 e. The summed E-state index contributed by atoms with van der Waals surface area (Å²) < 4.78 is 39.9. The summed E-state index contributed by atoms with van der Waals surface area (Å²) in [5.74, 6) is -2.07. The summed E-state index contributed by atoms with van der Waals surface area (Å²) in [6.07, 6.45) is -0.833. The zero-order valence-corrected chi connectivity index (χ0v) is 38.3. The molecule has 350 valence electrons. The van der Waals surface area contributed by atoms with E-state index in [0.717, 1.165) is 27.8 Å². The van der Waals surface area contributed by atoms with E-state index in [1.54, 1.807) is 31.7 Å². The molecule has 1 aromatic heterocycles. The minimum absolute atomic E-state index is 0.0277. The number of nitrogens with one attached hydrogen (secondary N) is 1. The Hall–Kier alpha value is -7.40. The normalized spacial score (nSPS) is 11.5. The number of hydrogen-bond acceptors (Lipinski definition) is 14. The molecule has 6 aromatic carbocycles. The number of carbonyl (C=O) groups excluding carboxylic acids is 1. The van der Waals surface area contributed by atoms with Crippen molar-refractivity contribution < 1.29 is 52.7 Å². The summed E-state index contributed by atoms with van der Waals surface area (Å²) >= 11 is 1.22. The average molecular weight is 938 g/mol. The van der Waals surface area contributed by atoms with Crippen LogP contribution in [0.1, 0.15) is 55.5 Å². The number of thiazole rings is 1. The van der Waals surface area contributed by atoms with Crippen LogP contribution in [0, 0.1) is 0 Å². The molecule has 0 aliphatic rings. The topological polar surface area (TPSA) is 165 Å². The molecule has 1 heterocycles. The first kappa shape index (κ1) is 48.5. The number of hydrogen-bond donors (Lipinski definition) is 2. The lowest BCUT2D eigenvalue weighted by Crippen LogP contribution is -2.38. The summed E-state index contributed by atoms with van der Waals surface area (Å²) in [4.78, 5) is 38.2. The van der Waals surface area contributed by atoms with Crippen LogP contribution in [0.3, 0.4) is 0 Å². The molecule has 0 spiro atoms. The fourth-order valence-electron chi connectivity index (χ4n) is 7.31.